The molecule has 6 aromatic rings. The molecule has 2 heterocycles. The summed E-state index contributed by atoms with van der Waals surface area (Å²) in [6.45, 7) is 3.12. The van der Waals surface area contributed by atoms with Crippen LogP contribution in [0.4, 0.5) is 4.39 Å². The first-order chi connectivity index (χ1) is 22.9. The van der Waals surface area contributed by atoms with Crippen LogP contribution in [-0.4, -0.2) is 50.9 Å². The molecule has 0 radical (unpaired) electrons. The number of methoxy groups -OCH3 is 2. The standard InChI is InChI=1S/C37H37FN6O3/c1-25-10-9-14-28-23-30(37(45)39-34(25)28)35(36-40-41-42-44(36)21-19-26-11-5-4-6-12-26)43(24-29-13-7-8-15-31(29)38)20-18-27-16-17-32(46-2)33(22-27)47-3/h4-17,22-23,35H,18-21,24H2,1-3H3,(H,39,45)/t35-/m0/s1. The molecule has 0 unspecified atom stereocenters. The summed E-state index contributed by atoms with van der Waals surface area (Å²) in [5.74, 6) is 1.43. The third kappa shape index (κ3) is 7.07. The zero-order valence-electron chi connectivity index (χ0n) is 26.7. The van der Waals surface area contributed by atoms with Gasteiger partial charge in [0.15, 0.2) is 17.3 Å². The van der Waals surface area contributed by atoms with Crippen LogP contribution < -0.4 is 15.0 Å². The van der Waals surface area contributed by atoms with Crippen molar-refractivity contribution in [3.05, 3.63) is 147 Å². The Morgan fingerprint density at radius 3 is 2.45 bits per heavy atom. The number of nitrogens with zero attached hydrogens (tertiary/aromatic N) is 5. The molecule has 4 aromatic carbocycles. The van der Waals surface area contributed by atoms with E-state index in [4.69, 9.17) is 9.47 Å². The number of aryl methyl sites for hydroxylation is 3. The maximum Gasteiger partial charge on any atom is 0.253 e. The van der Waals surface area contributed by atoms with Gasteiger partial charge in [0, 0.05) is 30.8 Å². The quantitative estimate of drug-likeness (QED) is 0.165. The van der Waals surface area contributed by atoms with E-state index in [2.05, 4.69) is 37.5 Å². The fraction of sp³-hybridized carbons (Fsp3) is 0.243. The number of tetrazole rings is 1. The van der Waals surface area contributed by atoms with Crippen LogP contribution in [0.3, 0.4) is 0 Å². The number of aromatic amines is 1. The predicted molar refractivity (Wildman–Crippen MR) is 179 cm³/mol. The lowest BCUT2D eigenvalue weighted by Gasteiger charge is -2.31. The highest BCUT2D eigenvalue weighted by molar-refractivity contribution is 5.82. The van der Waals surface area contributed by atoms with E-state index in [0.717, 1.165) is 27.6 Å². The Kier molecular flexibility index (Phi) is 9.68. The second-order valence-corrected chi connectivity index (χ2v) is 11.5. The normalized spacial score (nSPS) is 12.0. The minimum atomic E-state index is -0.700. The summed E-state index contributed by atoms with van der Waals surface area (Å²) >= 11 is 0. The highest BCUT2D eigenvalue weighted by Gasteiger charge is 2.31. The fourth-order valence-corrected chi connectivity index (χ4v) is 6.00. The number of benzene rings is 4. The van der Waals surface area contributed by atoms with Crippen molar-refractivity contribution in [2.24, 2.45) is 0 Å². The number of nitrogens with one attached hydrogen (secondary N) is 1. The summed E-state index contributed by atoms with van der Waals surface area (Å²) in [5.41, 5.74) is 4.59. The van der Waals surface area contributed by atoms with Gasteiger partial charge in [-0.25, -0.2) is 9.07 Å². The average molecular weight is 633 g/mol. The van der Waals surface area contributed by atoms with E-state index in [-0.39, 0.29) is 17.9 Å². The maximum absolute atomic E-state index is 15.3. The van der Waals surface area contributed by atoms with Gasteiger partial charge in [0.25, 0.3) is 5.56 Å². The summed E-state index contributed by atoms with van der Waals surface area (Å²) in [5, 5.41) is 13.8. The summed E-state index contributed by atoms with van der Waals surface area (Å²) < 4.78 is 28.0. The summed E-state index contributed by atoms with van der Waals surface area (Å²) in [6, 6.07) is 29.7. The van der Waals surface area contributed by atoms with Gasteiger partial charge >= 0.3 is 0 Å². The van der Waals surface area contributed by atoms with Crippen LogP contribution in [0.2, 0.25) is 0 Å². The van der Waals surface area contributed by atoms with Gasteiger partial charge in [-0.05, 0) is 76.5 Å². The van der Waals surface area contributed by atoms with Gasteiger partial charge in [-0.3, -0.25) is 9.69 Å². The molecule has 0 aliphatic heterocycles. The van der Waals surface area contributed by atoms with Crippen molar-refractivity contribution in [1.29, 1.82) is 0 Å². The van der Waals surface area contributed by atoms with E-state index < -0.39 is 6.04 Å². The Balaban J connectivity index is 1.46. The number of hydrogen-bond acceptors (Lipinski definition) is 7. The molecule has 0 saturated carbocycles. The van der Waals surface area contributed by atoms with E-state index in [1.54, 1.807) is 31.0 Å². The van der Waals surface area contributed by atoms with Crippen molar-refractivity contribution >= 4 is 10.9 Å². The van der Waals surface area contributed by atoms with Gasteiger partial charge in [0.2, 0.25) is 0 Å². The lowest BCUT2D eigenvalue weighted by molar-refractivity contribution is 0.202. The number of para-hydroxylation sites is 1. The van der Waals surface area contributed by atoms with Crippen molar-refractivity contribution in [2.45, 2.75) is 38.9 Å². The largest absolute Gasteiger partial charge is 0.493 e. The smallest absolute Gasteiger partial charge is 0.253 e. The first kappa shape index (κ1) is 31.6. The van der Waals surface area contributed by atoms with Crippen LogP contribution >= 0.6 is 0 Å². The summed E-state index contributed by atoms with van der Waals surface area (Å²) in [7, 11) is 3.20. The van der Waals surface area contributed by atoms with Crippen LogP contribution in [0.15, 0.2) is 102 Å². The number of pyridine rings is 1. The minimum absolute atomic E-state index is 0.210. The highest BCUT2D eigenvalue weighted by Crippen LogP contribution is 2.31. The average Bonchev–Trinajstić information content (AvgIpc) is 3.56. The Bertz CT molecular complexity index is 2030. The zero-order valence-corrected chi connectivity index (χ0v) is 26.7. The van der Waals surface area contributed by atoms with Crippen LogP contribution in [0, 0.1) is 12.7 Å². The number of halogens is 1. The number of hydrogen-bond donors (Lipinski definition) is 1. The number of aromatic nitrogens is 5. The number of H-pyrrole nitrogens is 1. The molecule has 10 heteroatoms. The first-order valence-electron chi connectivity index (χ1n) is 15.6. The zero-order chi connectivity index (χ0) is 32.8. The van der Waals surface area contributed by atoms with Gasteiger partial charge in [-0.15, -0.1) is 5.10 Å². The lowest BCUT2D eigenvalue weighted by Crippen LogP contribution is -2.36. The molecular weight excluding hydrogens is 595 g/mol. The Morgan fingerprint density at radius 2 is 1.66 bits per heavy atom. The van der Waals surface area contributed by atoms with Gasteiger partial charge in [-0.2, -0.15) is 0 Å². The van der Waals surface area contributed by atoms with E-state index in [9.17, 15) is 4.79 Å². The predicted octanol–water partition coefficient (Wildman–Crippen LogP) is 6.06. The van der Waals surface area contributed by atoms with Crippen molar-refractivity contribution in [1.82, 2.24) is 30.1 Å². The third-order valence-electron chi connectivity index (χ3n) is 8.50. The molecule has 0 fully saturated rings. The second-order valence-electron chi connectivity index (χ2n) is 11.5. The number of rotatable bonds is 13. The van der Waals surface area contributed by atoms with E-state index in [1.165, 1.54) is 6.07 Å². The molecule has 0 bridgehead atoms. The van der Waals surface area contributed by atoms with Gasteiger partial charge < -0.3 is 14.5 Å². The highest BCUT2D eigenvalue weighted by atomic mass is 19.1. The number of ether oxygens (including phenoxy) is 2. The minimum Gasteiger partial charge on any atom is -0.493 e. The molecule has 2 aromatic heterocycles. The molecule has 240 valence electrons. The third-order valence-corrected chi connectivity index (χ3v) is 8.50. The molecule has 47 heavy (non-hydrogen) atoms. The molecular formula is C37H37FN6O3. The monoisotopic (exact) mass is 632 g/mol. The Labute approximate surface area is 272 Å². The molecule has 6 rings (SSSR count). The molecule has 1 atom stereocenters. The van der Waals surface area contributed by atoms with Gasteiger partial charge in [0.1, 0.15) is 11.9 Å². The Hall–Kier alpha value is -5.35. The van der Waals surface area contributed by atoms with Crippen molar-refractivity contribution < 1.29 is 13.9 Å². The van der Waals surface area contributed by atoms with E-state index in [0.29, 0.717) is 54.4 Å². The SMILES string of the molecule is COc1ccc(CCN(Cc2ccccc2F)[C@@H](c2cc3cccc(C)c3[nH]c2=O)c2nnnn2CCc2ccccc2)cc1OC. The maximum atomic E-state index is 15.3. The van der Waals surface area contributed by atoms with Crippen molar-refractivity contribution in [3.63, 3.8) is 0 Å². The molecule has 0 amide bonds. The molecule has 9 nitrogen and oxygen atoms in total. The molecule has 0 aliphatic carbocycles. The molecule has 0 aliphatic rings. The summed E-state index contributed by atoms with van der Waals surface area (Å²) in [6.07, 6.45) is 1.26. The lowest BCUT2D eigenvalue weighted by atomic mass is 10.00. The van der Waals surface area contributed by atoms with Crippen LogP contribution in [-0.2, 0) is 25.9 Å². The summed E-state index contributed by atoms with van der Waals surface area (Å²) in [4.78, 5) is 19.2. The van der Waals surface area contributed by atoms with E-state index >= 15 is 4.39 Å². The molecule has 0 saturated heterocycles. The first-order valence-corrected chi connectivity index (χ1v) is 15.6. The van der Waals surface area contributed by atoms with E-state index in [1.807, 2.05) is 73.7 Å². The van der Waals surface area contributed by atoms with Crippen LogP contribution in [0.25, 0.3) is 10.9 Å². The Morgan fingerprint density at radius 1 is 0.872 bits per heavy atom. The van der Waals surface area contributed by atoms with Gasteiger partial charge in [0.05, 0.1) is 19.7 Å². The van der Waals surface area contributed by atoms with Crippen molar-refractivity contribution in [3.8, 4) is 11.5 Å². The van der Waals surface area contributed by atoms with Crippen molar-refractivity contribution in [2.75, 3.05) is 20.8 Å². The molecule has 1 N–H and O–H groups in total. The van der Waals surface area contributed by atoms with Crippen LogP contribution in [0.1, 0.15) is 39.7 Å². The van der Waals surface area contributed by atoms with Gasteiger partial charge in [-0.1, -0.05) is 72.8 Å². The number of fused-ring (bicyclic) bond motifs is 1. The second kappa shape index (κ2) is 14.4. The van der Waals surface area contributed by atoms with Crippen LogP contribution in [0.5, 0.6) is 11.5 Å². The molecule has 0 spiro atoms. The fourth-order valence-electron chi connectivity index (χ4n) is 6.00. The topological polar surface area (TPSA) is 98.2 Å².